The fourth-order valence-electron chi connectivity index (χ4n) is 1.34. The van der Waals surface area contributed by atoms with Gasteiger partial charge in [0, 0.05) is 6.54 Å². The Morgan fingerprint density at radius 1 is 0.800 bits per heavy atom. The molecule has 1 fully saturated rings. The number of nitrogens with one attached hydrogen (secondary N) is 1. The fourth-order valence-corrected chi connectivity index (χ4v) is 1.34. The topological polar surface area (TPSA) is 32.3 Å². The molecule has 0 amide bonds. The zero-order valence-corrected chi connectivity index (χ0v) is 10.4. The van der Waals surface area contributed by atoms with E-state index in [1.165, 1.54) is 64.2 Å². The van der Waals surface area contributed by atoms with Gasteiger partial charge in [0.1, 0.15) is 0 Å². The predicted molar refractivity (Wildman–Crippen MR) is 66.3 cm³/mol. The van der Waals surface area contributed by atoms with Gasteiger partial charge in [0.2, 0.25) is 0 Å². The molecule has 0 aliphatic heterocycles. The van der Waals surface area contributed by atoms with E-state index in [0.29, 0.717) is 0 Å². The molecule has 0 aromatic carbocycles. The van der Waals surface area contributed by atoms with Crippen molar-refractivity contribution >= 4 is 0 Å². The van der Waals surface area contributed by atoms with Gasteiger partial charge in [0.25, 0.3) is 0 Å². The van der Waals surface area contributed by atoms with Crippen LogP contribution in [-0.4, -0.2) is 11.8 Å². The van der Waals surface area contributed by atoms with E-state index in [2.05, 4.69) is 12.4 Å². The first-order valence-corrected chi connectivity index (χ1v) is 6.78. The summed E-state index contributed by atoms with van der Waals surface area (Å²) in [5.41, 5.74) is 2.18. The molecule has 1 saturated carbocycles. The third kappa shape index (κ3) is 20.1. The molecule has 1 rings (SSSR count). The molecular weight excluding hydrogens is 186 g/mol. The molecular formula is C13H29NO. The second-order valence-corrected chi connectivity index (χ2v) is 4.44. The summed E-state index contributed by atoms with van der Waals surface area (Å²) in [6, 6.07) is 0. The van der Waals surface area contributed by atoms with Gasteiger partial charge in [-0.05, 0) is 6.42 Å². The molecule has 0 spiro atoms. The Hall–Kier alpha value is -0.0800. The van der Waals surface area contributed by atoms with Crippen LogP contribution in [0.3, 0.4) is 0 Å². The Morgan fingerprint density at radius 3 is 1.67 bits per heavy atom. The van der Waals surface area contributed by atoms with E-state index in [9.17, 15) is 0 Å². The highest BCUT2D eigenvalue weighted by Crippen LogP contribution is 2.14. The quantitative estimate of drug-likeness (QED) is 0.444. The summed E-state index contributed by atoms with van der Waals surface area (Å²) < 4.78 is 0. The van der Waals surface area contributed by atoms with Gasteiger partial charge in [-0.1, -0.05) is 71.1 Å². The first kappa shape index (κ1) is 14.9. The molecule has 0 unspecified atom stereocenters. The van der Waals surface area contributed by atoms with Crippen LogP contribution in [0, 0.1) is 0 Å². The average molecular weight is 215 g/mol. The minimum absolute atomic E-state index is 0.745. The molecule has 0 saturated heterocycles. The van der Waals surface area contributed by atoms with Gasteiger partial charge in [-0.2, -0.15) is 0 Å². The summed E-state index contributed by atoms with van der Waals surface area (Å²) in [6.45, 7) is 2.99. The van der Waals surface area contributed by atoms with Crippen molar-refractivity contribution in [1.82, 2.24) is 5.48 Å². The summed E-state index contributed by atoms with van der Waals surface area (Å²) in [5.74, 6) is 0. The van der Waals surface area contributed by atoms with Crippen molar-refractivity contribution in [2.75, 3.05) is 6.54 Å². The van der Waals surface area contributed by atoms with E-state index in [4.69, 9.17) is 5.21 Å². The summed E-state index contributed by atoms with van der Waals surface area (Å²) in [6.07, 6.45) is 15.0. The van der Waals surface area contributed by atoms with E-state index in [1.807, 2.05) is 0 Å². The van der Waals surface area contributed by atoms with Crippen LogP contribution in [0.15, 0.2) is 0 Å². The molecule has 15 heavy (non-hydrogen) atoms. The molecule has 0 bridgehead atoms. The van der Waals surface area contributed by atoms with Crippen LogP contribution < -0.4 is 5.48 Å². The highest BCUT2D eigenvalue weighted by molar-refractivity contribution is 4.50. The smallest absolute Gasteiger partial charge is 0.0207 e. The first-order valence-electron chi connectivity index (χ1n) is 6.78. The third-order valence-corrected chi connectivity index (χ3v) is 2.50. The highest BCUT2D eigenvalue weighted by atomic mass is 16.5. The Bertz CT molecular complexity index is 92.0. The SMILES string of the molecule is C1CC1.CCCCCCCCCCNO. The van der Waals surface area contributed by atoms with Crippen molar-refractivity contribution in [2.45, 2.75) is 77.6 Å². The van der Waals surface area contributed by atoms with Crippen molar-refractivity contribution in [3.8, 4) is 0 Å². The average Bonchev–Trinajstić information content (AvgIpc) is 3.09. The van der Waals surface area contributed by atoms with Crippen LogP contribution in [0.1, 0.15) is 77.6 Å². The van der Waals surface area contributed by atoms with Crippen molar-refractivity contribution < 1.29 is 5.21 Å². The first-order chi connectivity index (χ1) is 7.41. The lowest BCUT2D eigenvalue weighted by atomic mass is 10.1. The van der Waals surface area contributed by atoms with Crippen molar-refractivity contribution in [3.05, 3.63) is 0 Å². The molecule has 1 aliphatic carbocycles. The minimum atomic E-state index is 0.745. The second kappa shape index (κ2) is 13.9. The molecule has 2 nitrogen and oxygen atoms in total. The molecule has 2 N–H and O–H groups in total. The molecule has 92 valence electrons. The molecule has 2 heteroatoms. The number of hydrogen-bond donors (Lipinski definition) is 2. The van der Waals surface area contributed by atoms with Gasteiger partial charge in [0.05, 0.1) is 0 Å². The van der Waals surface area contributed by atoms with Gasteiger partial charge in [-0.3, -0.25) is 0 Å². The monoisotopic (exact) mass is 215 g/mol. The summed E-state index contributed by atoms with van der Waals surface area (Å²) in [5, 5.41) is 8.29. The van der Waals surface area contributed by atoms with E-state index in [0.717, 1.165) is 13.0 Å². The van der Waals surface area contributed by atoms with E-state index in [-0.39, 0.29) is 0 Å². The molecule has 1 aliphatic rings. The van der Waals surface area contributed by atoms with Crippen molar-refractivity contribution in [1.29, 1.82) is 0 Å². The number of hydrogen-bond acceptors (Lipinski definition) is 2. The van der Waals surface area contributed by atoms with Crippen LogP contribution in [0.4, 0.5) is 0 Å². The second-order valence-electron chi connectivity index (χ2n) is 4.44. The Morgan fingerprint density at radius 2 is 1.27 bits per heavy atom. The van der Waals surface area contributed by atoms with Gasteiger partial charge in [-0.25, -0.2) is 5.48 Å². The lowest BCUT2D eigenvalue weighted by molar-refractivity contribution is 0.164. The summed E-state index contributed by atoms with van der Waals surface area (Å²) >= 11 is 0. The fraction of sp³-hybridized carbons (Fsp3) is 1.00. The third-order valence-electron chi connectivity index (χ3n) is 2.50. The standard InChI is InChI=1S/C10H23NO.C3H6/c1-2-3-4-5-6-7-8-9-10-11-12;1-2-3-1/h11-12H,2-10H2,1H3;1-3H2. The maximum atomic E-state index is 8.29. The molecule has 0 heterocycles. The summed E-state index contributed by atoms with van der Waals surface area (Å²) in [7, 11) is 0. The number of unbranched alkanes of at least 4 members (excludes halogenated alkanes) is 7. The lowest BCUT2D eigenvalue weighted by Crippen LogP contribution is -2.07. The molecule has 0 atom stereocenters. The maximum Gasteiger partial charge on any atom is 0.0207 e. The van der Waals surface area contributed by atoms with Crippen LogP contribution in [0.25, 0.3) is 0 Å². The largest absolute Gasteiger partial charge is 0.317 e. The van der Waals surface area contributed by atoms with Crippen molar-refractivity contribution in [3.63, 3.8) is 0 Å². The minimum Gasteiger partial charge on any atom is -0.317 e. The predicted octanol–water partition coefficient (Wildman–Crippen LogP) is 4.28. The van der Waals surface area contributed by atoms with Gasteiger partial charge < -0.3 is 5.21 Å². The van der Waals surface area contributed by atoms with Crippen LogP contribution in [-0.2, 0) is 0 Å². The summed E-state index contributed by atoms with van der Waals surface area (Å²) in [4.78, 5) is 0. The highest BCUT2D eigenvalue weighted by Gasteiger charge is 1.95. The van der Waals surface area contributed by atoms with Crippen LogP contribution >= 0.6 is 0 Å². The zero-order chi connectivity index (χ0) is 11.2. The van der Waals surface area contributed by atoms with Gasteiger partial charge in [-0.15, -0.1) is 0 Å². The Balaban J connectivity index is 0.000000548. The lowest BCUT2D eigenvalue weighted by Gasteiger charge is -2.00. The van der Waals surface area contributed by atoms with Crippen LogP contribution in [0.2, 0.25) is 0 Å². The zero-order valence-electron chi connectivity index (χ0n) is 10.4. The van der Waals surface area contributed by atoms with E-state index in [1.54, 1.807) is 0 Å². The number of hydroxylamine groups is 1. The van der Waals surface area contributed by atoms with E-state index < -0.39 is 0 Å². The molecule has 0 aromatic heterocycles. The van der Waals surface area contributed by atoms with Gasteiger partial charge >= 0.3 is 0 Å². The maximum absolute atomic E-state index is 8.29. The molecule has 0 radical (unpaired) electrons. The van der Waals surface area contributed by atoms with Crippen LogP contribution in [0.5, 0.6) is 0 Å². The van der Waals surface area contributed by atoms with E-state index >= 15 is 0 Å². The Kier molecular flexibility index (Phi) is 13.8. The van der Waals surface area contributed by atoms with Gasteiger partial charge in [0.15, 0.2) is 0 Å². The van der Waals surface area contributed by atoms with Crippen molar-refractivity contribution in [2.24, 2.45) is 0 Å². The molecule has 0 aromatic rings. The normalized spacial score (nSPS) is 13.2. The number of rotatable bonds is 9. The Labute approximate surface area is 95.4 Å².